The molecule has 1 atom stereocenters. The van der Waals surface area contributed by atoms with Gasteiger partial charge in [0.15, 0.2) is 11.5 Å². The third-order valence-electron chi connectivity index (χ3n) is 3.57. The Morgan fingerprint density at radius 1 is 1.40 bits per heavy atom. The van der Waals surface area contributed by atoms with Crippen molar-refractivity contribution in [2.24, 2.45) is 5.92 Å². The van der Waals surface area contributed by atoms with E-state index in [0.29, 0.717) is 12.1 Å². The fraction of sp³-hybridized carbons (Fsp3) is 0.500. The molecule has 1 amide bonds. The van der Waals surface area contributed by atoms with Crippen molar-refractivity contribution >= 4 is 11.7 Å². The fourth-order valence-electron chi connectivity index (χ4n) is 2.30. The minimum Gasteiger partial charge on any atom is -0.505 e. The Labute approximate surface area is 120 Å². The third-order valence-corrected chi connectivity index (χ3v) is 3.57. The van der Waals surface area contributed by atoms with E-state index in [1.54, 1.807) is 27.0 Å². The topological polar surface area (TPSA) is 57.6 Å². The molecule has 1 heterocycles. The summed E-state index contributed by atoms with van der Waals surface area (Å²) in [6.07, 6.45) is 8.19. The first-order chi connectivity index (χ1) is 9.45. The highest BCUT2D eigenvalue weighted by Gasteiger charge is 2.37. The van der Waals surface area contributed by atoms with E-state index in [0.717, 1.165) is 12.8 Å². The van der Waals surface area contributed by atoms with E-state index in [4.69, 9.17) is 0 Å². The highest BCUT2D eigenvalue weighted by Crippen LogP contribution is 2.29. The molecule has 0 saturated heterocycles. The highest BCUT2D eigenvalue weighted by atomic mass is 16.3. The standard InChI is InChI=1S/C16H23NO3/c1-5-7-8-9-10-11(3)14(18)13-15(19)12(6-2)17(4)16(13)20/h5-7,11,19H,8-10H2,1-4H3/b7-5+,12-6-. The number of ketones is 1. The summed E-state index contributed by atoms with van der Waals surface area (Å²) in [5.74, 6) is -1.13. The average Bonchev–Trinajstić information content (AvgIpc) is 2.64. The number of aliphatic hydroxyl groups excluding tert-OH is 1. The summed E-state index contributed by atoms with van der Waals surface area (Å²) in [5, 5.41) is 10.0. The van der Waals surface area contributed by atoms with Gasteiger partial charge in [-0.05, 0) is 33.1 Å². The van der Waals surface area contributed by atoms with Crippen LogP contribution in [-0.2, 0) is 9.59 Å². The Kier molecular flexibility index (Phi) is 5.74. The molecule has 110 valence electrons. The molecule has 1 N–H and O–H groups in total. The molecule has 4 nitrogen and oxygen atoms in total. The second-order valence-electron chi connectivity index (χ2n) is 5.03. The fourth-order valence-corrected chi connectivity index (χ4v) is 2.30. The third kappa shape index (κ3) is 3.18. The molecule has 20 heavy (non-hydrogen) atoms. The molecule has 0 radical (unpaired) electrons. The van der Waals surface area contributed by atoms with Gasteiger partial charge in [-0.3, -0.25) is 9.59 Å². The number of Topliss-reactive ketones (excluding diaryl/α,β-unsaturated/α-hetero) is 1. The molecule has 0 fully saturated rings. The predicted octanol–water partition coefficient (Wildman–Crippen LogP) is 3.13. The molecule has 0 aliphatic carbocycles. The zero-order valence-corrected chi connectivity index (χ0v) is 12.6. The lowest BCUT2D eigenvalue weighted by Gasteiger charge is -2.11. The zero-order valence-electron chi connectivity index (χ0n) is 12.6. The molecule has 4 heteroatoms. The molecule has 0 bridgehead atoms. The number of hydrogen-bond acceptors (Lipinski definition) is 3. The Balaban J connectivity index is 2.81. The second-order valence-corrected chi connectivity index (χ2v) is 5.03. The quantitative estimate of drug-likeness (QED) is 0.461. The number of carbonyl (C=O) groups excluding carboxylic acids is 2. The van der Waals surface area contributed by atoms with Gasteiger partial charge in [0.05, 0.1) is 5.70 Å². The van der Waals surface area contributed by atoms with Gasteiger partial charge in [0.1, 0.15) is 5.57 Å². The van der Waals surface area contributed by atoms with Crippen molar-refractivity contribution < 1.29 is 14.7 Å². The monoisotopic (exact) mass is 277 g/mol. The summed E-state index contributed by atoms with van der Waals surface area (Å²) >= 11 is 0. The summed E-state index contributed by atoms with van der Waals surface area (Å²) in [6, 6.07) is 0. The largest absolute Gasteiger partial charge is 0.505 e. The van der Waals surface area contributed by atoms with E-state index in [-0.39, 0.29) is 23.0 Å². The number of rotatable bonds is 6. The first-order valence-electron chi connectivity index (χ1n) is 6.99. The number of hydrogen-bond donors (Lipinski definition) is 1. The SMILES string of the molecule is C/C=C1/C(O)=C(C(=O)C(C)CCC/C=C/C)C(=O)N1C. The lowest BCUT2D eigenvalue weighted by Crippen LogP contribution is -2.25. The first kappa shape index (κ1) is 16.2. The number of allylic oxidation sites excluding steroid dienone is 3. The van der Waals surface area contributed by atoms with Gasteiger partial charge in [0.2, 0.25) is 0 Å². The van der Waals surface area contributed by atoms with Crippen molar-refractivity contribution in [3.8, 4) is 0 Å². The van der Waals surface area contributed by atoms with Crippen LogP contribution in [0.1, 0.15) is 40.0 Å². The number of nitrogens with zero attached hydrogens (tertiary/aromatic N) is 1. The number of carbonyl (C=O) groups is 2. The highest BCUT2D eigenvalue weighted by molar-refractivity contribution is 6.23. The maximum Gasteiger partial charge on any atom is 0.265 e. The van der Waals surface area contributed by atoms with E-state index in [2.05, 4.69) is 6.08 Å². The van der Waals surface area contributed by atoms with Crippen molar-refractivity contribution in [2.75, 3.05) is 7.05 Å². The Bertz CT molecular complexity index is 486. The van der Waals surface area contributed by atoms with Gasteiger partial charge in [-0.15, -0.1) is 0 Å². The van der Waals surface area contributed by atoms with Crippen LogP contribution < -0.4 is 0 Å². The second kappa shape index (κ2) is 7.08. The number of likely N-dealkylation sites (N-methyl/N-ethyl adjacent to an activating group) is 1. The summed E-state index contributed by atoms with van der Waals surface area (Å²) in [5.41, 5.74) is 0.332. The summed E-state index contributed by atoms with van der Waals surface area (Å²) in [4.78, 5) is 25.7. The normalized spacial score (nSPS) is 19.5. The molecular formula is C16H23NO3. The van der Waals surface area contributed by atoms with Gasteiger partial charge < -0.3 is 10.0 Å². The van der Waals surface area contributed by atoms with Crippen LogP contribution in [0.15, 0.2) is 35.3 Å². The molecule has 0 spiro atoms. The maximum absolute atomic E-state index is 12.3. The van der Waals surface area contributed by atoms with Gasteiger partial charge in [0.25, 0.3) is 5.91 Å². The Hall–Kier alpha value is -1.84. The van der Waals surface area contributed by atoms with E-state index >= 15 is 0 Å². The lowest BCUT2D eigenvalue weighted by molar-refractivity contribution is -0.127. The van der Waals surface area contributed by atoms with Crippen LogP contribution in [0.2, 0.25) is 0 Å². The van der Waals surface area contributed by atoms with Crippen molar-refractivity contribution in [1.82, 2.24) is 4.90 Å². The molecule has 0 saturated carbocycles. The molecule has 1 unspecified atom stereocenters. The van der Waals surface area contributed by atoms with Crippen LogP contribution in [-0.4, -0.2) is 28.7 Å². The molecule has 1 rings (SSSR count). The minimum absolute atomic E-state index is 0.0702. The summed E-state index contributed by atoms with van der Waals surface area (Å²) < 4.78 is 0. The molecule has 0 aromatic heterocycles. The maximum atomic E-state index is 12.3. The van der Waals surface area contributed by atoms with Crippen molar-refractivity contribution in [2.45, 2.75) is 40.0 Å². The Morgan fingerprint density at radius 3 is 2.55 bits per heavy atom. The first-order valence-corrected chi connectivity index (χ1v) is 6.99. The Morgan fingerprint density at radius 2 is 2.05 bits per heavy atom. The average molecular weight is 277 g/mol. The number of amides is 1. The lowest BCUT2D eigenvalue weighted by atomic mass is 9.93. The zero-order chi connectivity index (χ0) is 15.3. The molecule has 0 aromatic rings. The molecule has 1 aliphatic rings. The predicted molar refractivity (Wildman–Crippen MR) is 79.0 cm³/mol. The minimum atomic E-state index is -0.416. The van der Waals surface area contributed by atoms with Crippen LogP contribution in [0.5, 0.6) is 0 Å². The van der Waals surface area contributed by atoms with Crippen molar-refractivity contribution in [3.05, 3.63) is 35.3 Å². The van der Waals surface area contributed by atoms with Gasteiger partial charge in [-0.25, -0.2) is 0 Å². The van der Waals surface area contributed by atoms with E-state index < -0.39 is 5.91 Å². The van der Waals surface area contributed by atoms with Crippen LogP contribution in [0.25, 0.3) is 0 Å². The van der Waals surface area contributed by atoms with E-state index in [1.807, 2.05) is 13.0 Å². The van der Waals surface area contributed by atoms with Crippen LogP contribution >= 0.6 is 0 Å². The smallest absolute Gasteiger partial charge is 0.265 e. The summed E-state index contributed by atoms with van der Waals surface area (Å²) in [6.45, 7) is 5.49. The van der Waals surface area contributed by atoms with E-state index in [9.17, 15) is 14.7 Å². The van der Waals surface area contributed by atoms with Gasteiger partial charge in [-0.1, -0.05) is 25.2 Å². The number of unbranched alkanes of at least 4 members (excludes halogenated alkanes) is 1. The molecule has 1 aliphatic heterocycles. The van der Waals surface area contributed by atoms with Gasteiger partial charge >= 0.3 is 0 Å². The van der Waals surface area contributed by atoms with E-state index in [1.165, 1.54) is 4.90 Å². The van der Waals surface area contributed by atoms with Crippen LogP contribution in [0, 0.1) is 5.92 Å². The van der Waals surface area contributed by atoms with Gasteiger partial charge in [-0.2, -0.15) is 0 Å². The van der Waals surface area contributed by atoms with Crippen LogP contribution in [0.3, 0.4) is 0 Å². The molecule has 0 aromatic carbocycles. The van der Waals surface area contributed by atoms with Crippen molar-refractivity contribution in [3.63, 3.8) is 0 Å². The van der Waals surface area contributed by atoms with Crippen LogP contribution in [0.4, 0.5) is 0 Å². The summed E-state index contributed by atoms with van der Waals surface area (Å²) in [7, 11) is 1.56. The van der Waals surface area contributed by atoms with Crippen molar-refractivity contribution in [1.29, 1.82) is 0 Å². The number of aliphatic hydroxyl groups is 1. The van der Waals surface area contributed by atoms with Gasteiger partial charge in [0, 0.05) is 13.0 Å². The molecular weight excluding hydrogens is 254 g/mol.